The molecule has 160 valence electrons. The highest BCUT2D eigenvalue weighted by molar-refractivity contribution is 6.62. The minimum Gasteiger partial charge on any atom is -0.444 e. The van der Waals surface area contributed by atoms with Gasteiger partial charge in [0.15, 0.2) is 0 Å². The van der Waals surface area contributed by atoms with Crippen molar-refractivity contribution in [1.82, 2.24) is 4.90 Å². The van der Waals surface area contributed by atoms with E-state index in [4.69, 9.17) is 14.0 Å². The van der Waals surface area contributed by atoms with Crippen molar-refractivity contribution in [3.05, 3.63) is 29.6 Å². The number of carbonyl (C=O) groups excluding carboxylic acids is 1. The smallest absolute Gasteiger partial charge is 0.444 e. The highest BCUT2D eigenvalue weighted by Crippen LogP contribution is 2.37. The third-order valence-corrected chi connectivity index (χ3v) is 6.08. The molecule has 1 atom stereocenters. The van der Waals surface area contributed by atoms with E-state index in [2.05, 4.69) is 0 Å². The van der Waals surface area contributed by atoms with E-state index in [9.17, 15) is 9.18 Å². The first-order valence-corrected chi connectivity index (χ1v) is 10.4. The van der Waals surface area contributed by atoms with Crippen LogP contribution in [0.4, 0.5) is 9.18 Å². The van der Waals surface area contributed by atoms with Crippen LogP contribution < -0.4 is 5.46 Å². The van der Waals surface area contributed by atoms with Crippen molar-refractivity contribution in [1.29, 1.82) is 0 Å². The van der Waals surface area contributed by atoms with Gasteiger partial charge in [0.2, 0.25) is 0 Å². The summed E-state index contributed by atoms with van der Waals surface area (Å²) in [4.78, 5) is 14.1. The number of nitrogens with zero attached hydrogens (tertiary/aromatic N) is 1. The summed E-state index contributed by atoms with van der Waals surface area (Å²) < 4.78 is 32.4. The predicted molar refractivity (Wildman–Crippen MR) is 112 cm³/mol. The molecular formula is C22H33BFNO4. The minimum atomic E-state index is -0.723. The highest BCUT2D eigenvalue weighted by atomic mass is 19.1. The third kappa shape index (κ3) is 4.77. The maximum atomic E-state index is 15.0. The van der Waals surface area contributed by atoms with E-state index in [1.165, 1.54) is 0 Å². The fraction of sp³-hybridized carbons (Fsp3) is 0.682. The summed E-state index contributed by atoms with van der Waals surface area (Å²) in [7, 11) is -0.723. The van der Waals surface area contributed by atoms with Crippen LogP contribution in [0.15, 0.2) is 18.2 Å². The second-order valence-electron chi connectivity index (χ2n) is 10.1. The molecule has 2 saturated heterocycles. The number of hydrogen-bond donors (Lipinski definition) is 0. The molecule has 2 fully saturated rings. The van der Waals surface area contributed by atoms with Crippen molar-refractivity contribution in [2.45, 2.75) is 84.0 Å². The summed E-state index contributed by atoms with van der Waals surface area (Å²) in [6.45, 7) is 14.6. The number of carbonyl (C=O) groups is 1. The van der Waals surface area contributed by atoms with E-state index in [0.717, 1.165) is 18.4 Å². The maximum Gasteiger partial charge on any atom is 0.497 e. The van der Waals surface area contributed by atoms with Gasteiger partial charge >= 0.3 is 13.2 Å². The van der Waals surface area contributed by atoms with Gasteiger partial charge in [-0.15, -0.1) is 0 Å². The average Bonchev–Trinajstić information content (AvgIpc) is 2.81. The first kappa shape index (κ1) is 22.1. The predicted octanol–water partition coefficient (Wildman–Crippen LogP) is 4.24. The van der Waals surface area contributed by atoms with Crippen LogP contribution in [0.2, 0.25) is 0 Å². The zero-order chi connectivity index (χ0) is 21.6. The summed E-state index contributed by atoms with van der Waals surface area (Å²) in [5.74, 6) is -0.256. The van der Waals surface area contributed by atoms with Crippen LogP contribution >= 0.6 is 0 Å². The molecule has 1 amide bonds. The average molecular weight is 405 g/mol. The van der Waals surface area contributed by atoms with Gasteiger partial charge in [-0.2, -0.15) is 0 Å². The largest absolute Gasteiger partial charge is 0.497 e. The zero-order valence-corrected chi connectivity index (χ0v) is 18.7. The lowest BCUT2D eigenvalue weighted by atomic mass is 9.77. The van der Waals surface area contributed by atoms with Crippen molar-refractivity contribution >= 4 is 18.7 Å². The Balaban J connectivity index is 1.73. The normalized spacial score (nSPS) is 23.9. The molecule has 2 heterocycles. The van der Waals surface area contributed by atoms with Gasteiger partial charge in [-0.1, -0.05) is 12.1 Å². The summed E-state index contributed by atoms with van der Waals surface area (Å²) >= 11 is 0. The highest BCUT2D eigenvalue weighted by Gasteiger charge is 2.52. The molecule has 5 nitrogen and oxygen atoms in total. The Morgan fingerprint density at radius 2 is 1.83 bits per heavy atom. The number of ether oxygens (including phenoxy) is 1. The van der Waals surface area contributed by atoms with E-state index >= 15 is 0 Å². The van der Waals surface area contributed by atoms with Crippen LogP contribution in [0.1, 0.15) is 72.8 Å². The number of piperidine rings is 1. The molecule has 3 rings (SSSR count). The monoisotopic (exact) mass is 405 g/mol. The Labute approximate surface area is 174 Å². The first-order valence-electron chi connectivity index (χ1n) is 10.4. The van der Waals surface area contributed by atoms with E-state index < -0.39 is 23.9 Å². The Hall–Kier alpha value is -1.60. The van der Waals surface area contributed by atoms with Crippen LogP contribution in [0.5, 0.6) is 0 Å². The summed E-state index contributed by atoms with van der Waals surface area (Å²) in [6, 6.07) is 5.23. The van der Waals surface area contributed by atoms with Crippen molar-refractivity contribution in [2.24, 2.45) is 0 Å². The topological polar surface area (TPSA) is 48.0 Å². The lowest BCUT2D eigenvalue weighted by Crippen LogP contribution is -2.42. The molecule has 2 aliphatic rings. The third-order valence-electron chi connectivity index (χ3n) is 6.08. The van der Waals surface area contributed by atoms with Gasteiger partial charge in [0.1, 0.15) is 11.4 Å². The van der Waals surface area contributed by atoms with E-state index in [0.29, 0.717) is 18.6 Å². The Bertz CT molecular complexity index is 759. The second-order valence-corrected chi connectivity index (χ2v) is 10.1. The van der Waals surface area contributed by atoms with Crippen molar-refractivity contribution in [3.63, 3.8) is 0 Å². The Morgan fingerprint density at radius 1 is 1.21 bits per heavy atom. The maximum absolute atomic E-state index is 15.0. The fourth-order valence-corrected chi connectivity index (χ4v) is 3.70. The van der Waals surface area contributed by atoms with Crippen LogP contribution in [0.3, 0.4) is 0 Å². The van der Waals surface area contributed by atoms with Crippen molar-refractivity contribution in [3.8, 4) is 0 Å². The fourth-order valence-electron chi connectivity index (χ4n) is 3.70. The second kappa shape index (κ2) is 7.58. The molecule has 0 bridgehead atoms. The lowest BCUT2D eigenvalue weighted by molar-refractivity contribution is 0.00578. The van der Waals surface area contributed by atoms with Gasteiger partial charge < -0.3 is 18.9 Å². The van der Waals surface area contributed by atoms with Gasteiger partial charge in [0, 0.05) is 24.5 Å². The van der Waals surface area contributed by atoms with Crippen LogP contribution in [0.25, 0.3) is 0 Å². The lowest BCUT2D eigenvalue weighted by Gasteiger charge is -2.34. The molecule has 1 aromatic rings. The molecule has 0 N–H and O–H groups in total. The van der Waals surface area contributed by atoms with E-state index in [1.807, 2.05) is 54.5 Å². The number of rotatable bonds is 2. The molecule has 0 spiro atoms. The molecule has 0 saturated carbocycles. The number of likely N-dealkylation sites (tertiary alicyclic amines) is 1. The Morgan fingerprint density at radius 3 is 2.38 bits per heavy atom. The summed E-state index contributed by atoms with van der Waals surface area (Å²) in [5, 5.41) is 0. The summed E-state index contributed by atoms with van der Waals surface area (Å²) in [5.41, 5.74) is -0.260. The summed E-state index contributed by atoms with van der Waals surface area (Å²) in [6.07, 6.45) is 1.47. The molecule has 29 heavy (non-hydrogen) atoms. The van der Waals surface area contributed by atoms with E-state index in [-0.39, 0.29) is 17.8 Å². The number of halogens is 1. The molecule has 7 heteroatoms. The van der Waals surface area contributed by atoms with Crippen LogP contribution in [0, 0.1) is 5.82 Å². The van der Waals surface area contributed by atoms with Gasteiger partial charge in [0.05, 0.1) is 11.2 Å². The molecule has 2 aliphatic heterocycles. The van der Waals surface area contributed by atoms with Gasteiger partial charge in [-0.3, -0.25) is 0 Å². The number of benzene rings is 1. The van der Waals surface area contributed by atoms with Gasteiger partial charge in [-0.05, 0) is 72.9 Å². The van der Waals surface area contributed by atoms with Crippen molar-refractivity contribution in [2.75, 3.05) is 13.1 Å². The zero-order valence-electron chi connectivity index (χ0n) is 18.7. The number of hydrogen-bond acceptors (Lipinski definition) is 4. The number of amides is 1. The standard InChI is InChI=1S/C22H33BFNO4/c1-20(2,3)27-19(26)25-12-8-9-16(14-25)15-10-11-17(18(24)13-15)23-28-21(4,5)22(6,7)29-23/h10-11,13,16H,8-9,12,14H2,1-7H3. The minimum absolute atomic E-state index is 0.0816. The van der Waals surface area contributed by atoms with Gasteiger partial charge in [0.25, 0.3) is 0 Å². The molecule has 0 aromatic heterocycles. The van der Waals surface area contributed by atoms with Crippen LogP contribution in [-0.2, 0) is 14.0 Å². The van der Waals surface area contributed by atoms with Crippen molar-refractivity contribution < 1.29 is 23.2 Å². The Kier molecular flexibility index (Phi) is 5.78. The van der Waals surface area contributed by atoms with E-state index in [1.54, 1.807) is 17.0 Å². The molecule has 0 aliphatic carbocycles. The molecule has 0 radical (unpaired) electrons. The quantitative estimate of drug-likeness (QED) is 0.691. The molecule has 1 aromatic carbocycles. The van der Waals surface area contributed by atoms with Crippen LogP contribution in [-0.4, -0.2) is 48.0 Å². The van der Waals surface area contributed by atoms with Gasteiger partial charge in [-0.25, -0.2) is 9.18 Å². The molecule has 1 unspecified atom stereocenters. The molecular weight excluding hydrogens is 372 g/mol. The SMILES string of the molecule is CC(C)(C)OC(=O)N1CCCC(c2ccc(B3OC(C)(C)C(C)(C)O3)c(F)c2)C1. The first-order chi connectivity index (χ1) is 13.3.